The number of aryl methyl sites for hydroxylation is 1. The number of sulfone groups is 1. The summed E-state index contributed by atoms with van der Waals surface area (Å²) in [6, 6.07) is 3.32. The summed E-state index contributed by atoms with van der Waals surface area (Å²) in [7, 11) is -3.76. The molecule has 0 aromatic heterocycles. The second-order valence-electron chi connectivity index (χ2n) is 3.85. The van der Waals surface area contributed by atoms with Gasteiger partial charge in [0.05, 0.1) is 9.80 Å². The van der Waals surface area contributed by atoms with Crippen LogP contribution in [0.1, 0.15) is 11.1 Å². The molecule has 0 amide bonds. The Bertz CT molecular complexity index is 631. The third-order valence-electron chi connectivity index (χ3n) is 2.74. The molecule has 17 heavy (non-hydrogen) atoms. The molecule has 0 saturated heterocycles. The maximum absolute atomic E-state index is 12.1. The number of hydrogen-bond donors (Lipinski definition) is 2. The second-order valence-corrected chi connectivity index (χ2v) is 5.77. The molecule has 90 valence electrons. The predicted octanol–water partition coefficient (Wildman–Crippen LogP) is 0.535. The van der Waals surface area contributed by atoms with Gasteiger partial charge < -0.3 is 10.8 Å². The number of fused-ring (bicyclic) bond motifs is 1. The number of nitrogens with two attached hydrogens (primary N) is 1. The summed E-state index contributed by atoms with van der Waals surface area (Å²) >= 11 is 0. The Labute approximate surface area is 98.5 Å². The van der Waals surface area contributed by atoms with Gasteiger partial charge in [-0.15, -0.1) is 0 Å². The smallest absolute Gasteiger partial charge is 0.325 e. The van der Waals surface area contributed by atoms with Crippen molar-refractivity contribution < 1.29 is 18.3 Å². The number of carboxylic acid groups (broad SMARTS) is 1. The highest BCUT2D eigenvalue weighted by Crippen LogP contribution is 2.35. The summed E-state index contributed by atoms with van der Waals surface area (Å²) in [4.78, 5) is 10.7. The van der Waals surface area contributed by atoms with E-state index in [0.29, 0.717) is 5.56 Å². The summed E-state index contributed by atoms with van der Waals surface area (Å²) in [6.45, 7) is 1.76. The van der Waals surface area contributed by atoms with E-state index in [1.54, 1.807) is 19.1 Å². The van der Waals surface area contributed by atoms with Crippen LogP contribution < -0.4 is 5.73 Å². The molecule has 0 fully saturated rings. The molecule has 0 spiro atoms. The van der Waals surface area contributed by atoms with Gasteiger partial charge in [-0.2, -0.15) is 0 Å². The Morgan fingerprint density at radius 1 is 1.41 bits per heavy atom. The van der Waals surface area contributed by atoms with Gasteiger partial charge in [0.2, 0.25) is 9.84 Å². The van der Waals surface area contributed by atoms with Crippen molar-refractivity contribution >= 4 is 21.9 Å². The lowest BCUT2D eigenvalue weighted by molar-refractivity contribution is -0.137. The number of carboxylic acids is 1. The maximum atomic E-state index is 12.1. The first-order valence-electron chi connectivity index (χ1n) is 4.90. The minimum Gasteiger partial charge on any atom is -0.480 e. The van der Waals surface area contributed by atoms with Crippen molar-refractivity contribution in [3.05, 3.63) is 34.2 Å². The first kappa shape index (κ1) is 11.8. The van der Waals surface area contributed by atoms with E-state index in [1.807, 2.05) is 0 Å². The van der Waals surface area contributed by atoms with Crippen LogP contribution in [-0.4, -0.2) is 25.5 Å². The standard InChI is InChI=1S/C11H11NO4S/c1-6-3-2-4-8-7(6)5-9(17(8,15)16)10(12)11(13)14/h2-5,10H,12H2,1H3,(H,13,14). The lowest BCUT2D eigenvalue weighted by Crippen LogP contribution is -2.34. The fraction of sp³-hybridized carbons (Fsp3) is 0.182. The molecule has 1 aromatic carbocycles. The van der Waals surface area contributed by atoms with Gasteiger partial charge in [0, 0.05) is 0 Å². The SMILES string of the molecule is Cc1cccc2c1C=C(C(N)C(=O)O)S2(=O)=O. The van der Waals surface area contributed by atoms with Gasteiger partial charge in [-0.1, -0.05) is 12.1 Å². The Morgan fingerprint density at radius 3 is 2.59 bits per heavy atom. The molecule has 0 saturated carbocycles. The van der Waals surface area contributed by atoms with E-state index in [-0.39, 0.29) is 9.80 Å². The van der Waals surface area contributed by atoms with Crippen molar-refractivity contribution in [3.8, 4) is 0 Å². The summed E-state index contributed by atoms with van der Waals surface area (Å²) in [5.74, 6) is -1.36. The average molecular weight is 253 g/mol. The molecular formula is C11H11NO4S. The molecule has 1 atom stereocenters. The number of benzene rings is 1. The van der Waals surface area contributed by atoms with Gasteiger partial charge in [0.1, 0.15) is 6.04 Å². The summed E-state index contributed by atoms with van der Waals surface area (Å²) in [5.41, 5.74) is 6.68. The van der Waals surface area contributed by atoms with E-state index in [9.17, 15) is 13.2 Å². The van der Waals surface area contributed by atoms with Crippen LogP contribution in [0.2, 0.25) is 0 Å². The zero-order valence-electron chi connectivity index (χ0n) is 9.04. The number of carbonyl (C=O) groups is 1. The monoisotopic (exact) mass is 253 g/mol. The minimum atomic E-state index is -3.76. The highest BCUT2D eigenvalue weighted by Gasteiger charge is 2.36. The zero-order valence-corrected chi connectivity index (χ0v) is 9.86. The Kier molecular flexibility index (Phi) is 2.56. The normalized spacial score (nSPS) is 18.4. The van der Waals surface area contributed by atoms with Crippen LogP contribution in [0.3, 0.4) is 0 Å². The van der Waals surface area contributed by atoms with Crippen LogP contribution in [-0.2, 0) is 14.6 Å². The third-order valence-corrected chi connectivity index (χ3v) is 4.67. The topological polar surface area (TPSA) is 97.5 Å². The van der Waals surface area contributed by atoms with Crippen molar-refractivity contribution in [3.63, 3.8) is 0 Å². The Balaban J connectivity index is 2.67. The highest BCUT2D eigenvalue weighted by atomic mass is 32.2. The lowest BCUT2D eigenvalue weighted by Gasteiger charge is -2.07. The molecule has 1 unspecified atom stereocenters. The molecule has 1 aromatic rings. The first-order valence-corrected chi connectivity index (χ1v) is 6.38. The van der Waals surface area contributed by atoms with Crippen molar-refractivity contribution in [2.45, 2.75) is 17.9 Å². The Hall–Kier alpha value is -1.66. The summed E-state index contributed by atoms with van der Waals surface area (Å²) < 4.78 is 24.1. The zero-order chi connectivity index (χ0) is 12.8. The van der Waals surface area contributed by atoms with E-state index in [1.165, 1.54) is 12.1 Å². The number of aliphatic carboxylic acids is 1. The fourth-order valence-corrected chi connectivity index (χ4v) is 3.53. The van der Waals surface area contributed by atoms with Crippen LogP contribution in [0, 0.1) is 6.92 Å². The molecule has 0 bridgehead atoms. The average Bonchev–Trinajstić information content (AvgIpc) is 2.51. The number of rotatable bonds is 2. The molecule has 0 aliphatic carbocycles. The molecule has 2 rings (SSSR count). The Morgan fingerprint density at radius 2 is 2.06 bits per heavy atom. The van der Waals surface area contributed by atoms with Crippen molar-refractivity contribution in [1.29, 1.82) is 0 Å². The fourth-order valence-electron chi connectivity index (χ4n) is 1.80. The van der Waals surface area contributed by atoms with Gasteiger partial charge in [-0.05, 0) is 30.2 Å². The molecule has 3 N–H and O–H groups in total. The lowest BCUT2D eigenvalue weighted by atomic mass is 10.1. The van der Waals surface area contributed by atoms with Crippen molar-refractivity contribution in [1.82, 2.24) is 0 Å². The van der Waals surface area contributed by atoms with Gasteiger partial charge in [0.15, 0.2) is 0 Å². The largest absolute Gasteiger partial charge is 0.480 e. The quantitative estimate of drug-likeness (QED) is 0.801. The van der Waals surface area contributed by atoms with Crippen molar-refractivity contribution in [2.75, 3.05) is 0 Å². The molecule has 5 nitrogen and oxygen atoms in total. The molecule has 1 aliphatic rings. The molecular weight excluding hydrogens is 242 g/mol. The maximum Gasteiger partial charge on any atom is 0.325 e. The molecule has 0 radical (unpaired) electrons. The van der Waals surface area contributed by atoms with E-state index < -0.39 is 21.8 Å². The van der Waals surface area contributed by atoms with Gasteiger partial charge in [-0.3, -0.25) is 4.79 Å². The van der Waals surface area contributed by atoms with E-state index in [0.717, 1.165) is 5.56 Å². The molecule has 1 heterocycles. The highest BCUT2D eigenvalue weighted by molar-refractivity contribution is 7.96. The first-order chi connectivity index (χ1) is 7.85. The second kappa shape index (κ2) is 3.68. The summed E-state index contributed by atoms with van der Waals surface area (Å²) in [5, 5.41) is 8.79. The van der Waals surface area contributed by atoms with E-state index in [4.69, 9.17) is 10.8 Å². The van der Waals surface area contributed by atoms with Crippen molar-refractivity contribution in [2.24, 2.45) is 5.73 Å². The van der Waals surface area contributed by atoms with E-state index >= 15 is 0 Å². The van der Waals surface area contributed by atoms with E-state index in [2.05, 4.69) is 0 Å². The van der Waals surface area contributed by atoms with Crippen LogP contribution >= 0.6 is 0 Å². The minimum absolute atomic E-state index is 0.129. The van der Waals surface area contributed by atoms with Crippen LogP contribution in [0.25, 0.3) is 6.08 Å². The van der Waals surface area contributed by atoms with Gasteiger partial charge in [-0.25, -0.2) is 8.42 Å². The van der Waals surface area contributed by atoms with Crippen LogP contribution in [0.15, 0.2) is 28.0 Å². The summed E-state index contributed by atoms with van der Waals surface area (Å²) in [6.07, 6.45) is 1.35. The van der Waals surface area contributed by atoms with Crippen LogP contribution in [0.4, 0.5) is 0 Å². The predicted molar refractivity (Wildman–Crippen MR) is 62.0 cm³/mol. The van der Waals surface area contributed by atoms with Gasteiger partial charge in [0.25, 0.3) is 0 Å². The third kappa shape index (κ3) is 1.65. The molecule has 1 aliphatic heterocycles. The van der Waals surface area contributed by atoms with Gasteiger partial charge >= 0.3 is 5.97 Å². The molecule has 6 heteroatoms. The number of hydrogen-bond acceptors (Lipinski definition) is 4. The van der Waals surface area contributed by atoms with Crippen LogP contribution in [0.5, 0.6) is 0 Å².